The summed E-state index contributed by atoms with van der Waals surface area (Å²) in [6, 6.07) is 17.2. The number of fused-ring (bicyclic) bond motifs is 1. The molecule has 2 aromatic carbocycles. The van der Waals surface area contributed by atoms with Crippen LogP contribution < -0.4 is 0 Å². The monoisotopic (exact) mass is 394 g/mol. The lowest BCUT2D eigenvalue weighted by molar-refractivity contribution is 1.19. The van der Waals surface area contributed by atoms with Crippen molar-refractivity contribution in [1.29, 1.82) is 0 Å². The highest BCUT2D eigenvalue weighted by atomic mass is 79.9. The summed E-state index contributed by atoms with van der Waals surface area (Å²) in [5.41, 5.74) is 2.67. The maximum atomic E-state index is 3.87. The van der Waals surface area contributed by atoms with E-state index < -0.39 is 0 Å². The molecule has 0 nitrogen and oxygen atoms in total. The van der Waals surface area contributed by atoms with E-state index in [2.05, 4.69) is 87.3 Å². The zero-order valence-corrected chi connectivity index (χ0v) is 14.3. The highest BCUT2D eigenvalue weighted by Crippen LogP contribution is 2.40. The fraction of sp³-hybridized carbons (Fsp3) is 0.125. The number of rotatable bonds is 2. The molecule has 0 aliphatic carbocycles. The molecule has 0 N–H and O–H groups in total. The van der Waals surface area contributed by atoms with Gasteiger partial charge in [-0.15, -0.1) is 11.3 Å². The molecule has 3 rings (SSSR count). The van der Waals surface area contributed by atoms with Crippen LogP contribution in [0.4, 0.5) is 0 Å². The van der Waals surface area contributed by atoms with Gasteiger partial charge in [0.15, 0.2) is 0 Å². The number of thiophene rings is 1. The van der Waals surface area contributed by atoms with E-state index in [4.69, 9.17) is 0 Å². The minimum Gasteiger partial charge on any atom is -0.133 e. The third-order valence-electron chi connectivity index (χ3n) is 3.30. The van der Waals surface area contributed by atoms with Crippen LogP contribution in [-0.2, 0) is 0 Å². The van der Waals surface area contributed by atoms with Gasteiger partial charge in [-0.3, -0.25) is 0 Å². The molecule has 0 amide bonds. The van der Waals surface area contributed by atoms with Gasteiger partial charge in [0.05, 0.1) is 8.61 Å². The molecule has 3 heteroatoms. The smallest absolute Gasteiger partial charge is 0.0704 e. The van der Waals surface area contributed by atoms with Gasteiger partial charge < -0.3 is 0 Å². The first-order chi connectivity index (χ1) is 9.16. The standard InChI is InChI=1S/C16H12Br2S/c1-10-14(9-15(17)19-10)16(18)13-8-4-6-11-5-2-3-7-12(11)13/h2-9,16H,1H3. The van der Waals surface area contributed by atoms with Crippen molar-refractivity contribution in [2.24, 2.45) is 0 Å². The first-order valence-electron chi connectivity index (χ1n) is 6.04. The summed E-state index contributed by atoms with van der Waals surface area (Å²) < 4.78 is 1.18. The zero-order chi connectivity index (χ0) is 13.4. The van der Waals surface area contributed by atoms with Crippen LogP contribution in [0.25, 0.3) is 10.8 Å². The second-order valence-electron chi connectivity index (χ2n) is 4.49. The molecular weight excluding hydrogens is 384 g/mol. The summed E-state index contributed by atoms with van der Waals surface area (Å²) in [6.45, 7) is 2.17. The summed E-state index contributed by atoms with van der Waals surface area (Å²) >= 11 is 9.22. The quantitative estimate of drug-likeness (QED) is 0.437. The molecule has 19 heavy (non-hydrogen) atoms. The van der Waals surface area contributed by atoms with E-state index in [0.717, 1.165) is 0 Å². The van der Waals surface area contributed by atoms with Gasteiger partial charge in [-0.2, -0.15) is 0 Å². The maximum absolute atomic E-state index is 3.87. The minimum atomic E-state index is 0.237. The molecule has 0 bridgehead atoms. The molecule has 0 aliphatic heterocycles. The number of benzene rings is 2. The van der Waals surface area contributed by atoms with Gasteiger partial charge in [0.1, 0.15) is 0 Å². The first-order valence-corrected chi connectivity index (χ1v) is 8.57. The Kier molecular flexibility index (Phi) is 3.79. The third-order valence-corrected chi connectivity index (χ3v) is 5.85. The third kappa shape index (κ3) is 2.51. The second-order valence-corrected chi connectivity index (χ2v) is 8.04. The van der Waals surface area contributed by atoms with Crippen LogP contribution in [0.2, 0.25) is 0 Å². The van der Waals surface area contributed by atoms with Gasteiger partial charge >= 0.3 is 0 Å². The molecule has 0 aliphatic rings. The van der Waals surface area contributed by atoms with Crippen LogP contribution >= 0.6 is 43.2 Å². The molecule has 0 saturated carbocycles. The Labute approximate surface area is 133 Å². The van der Waals surface area contributed by atoms with Crippen molar-refractivity contribution in [1.82, 2.24) is 0 Å². The van der Waals surface area contributed by atoms with E-state index >= 15 is 0 Å². The number of aryl methyl sites for hydroxylation is 1. The Bertz CT molecular complexity index is 725. The van der Waals surface area contributed by atoms with Crippen LogP contribution in [0.1, 0.15) is 20.8 Å². The minimum absolute atomic E-state index is 0.237. The molecular formula is C16H12Br2S. The average Bonchev–Trinajstić information content (AvgIpc) is 2.76. The average molecular weight is 396 g/mol. The van der Waals surface area contributed by atoms with Crippen molar-refractivity contribution in [2.45, 2.75) is 11.8 Å². The van der Waals surface area contributed by atoms with E-state index in [1.807, 2.05) is 0 Å². The second kappa shape index (κ2) is 5.39. The molecule has 1 heterocycles. The summed E-state index contributed by atoms with van der Waals surface area (Å²) in [4.78, 5) is 1.59. The molecule has 0 spiro atoms. The van der Waals surface area contributed by atoms with Crippen LogP contribution in [0, 0.1) is 6.92 Å². The van der Waals surface area contributed by atoms with Gasteiger partial charge in [0, 0.05) is 4.88 Å². The summed E-state index contributed by atoms with van der Waals surface area (Å²) in [5, 5.41) is 2.60. The lowest BCUT2D eigenvalue weighted by Gasteiger charge is -2.13. The molecule has 0 fully saturated rings. The highest BCUT2D eigenvalue weighted by Gasteiger charge is 2.17. The molecule has 1 atom stereocenters. The van der Waals surface area contributed by atoms with Crippen molar-refractivity contribution in [3.63, 3.8) is 0 Å². The van der Waals surface area contributed by atoms with Gasteiger partial charge in [0.2, 0.25) is 0 Å². The lowest BCUT2D eigenvalue weighted by atomic mass is 9.99. The predicted octanol–water partition coefficient (Wildman–Crippen LogP) is 6.46. The van der Waals surface area contributed by atoms with Crippen LogP contribution in [0.15, 0.2) is 52.3 Å². The topological polar surface area (TPSA) is 0 Å². The number of hydrogen-bond acceptors (Lipinski definition) is 1. The van der Waals surface area contributed by atoms with Crippen LogP contribution in [-0.4, -0.2) is 0 Å². The fourth-order valence-electron chi connectivity index (χ4n) is 2.35. The first kappa shape index (κ1) is 13.3. The SMILES string of the molecule is Cc1sc(Br)cc1C(Br)c1cccc2ccccc12. The van der Waals surface area contributed by atoms with Crippen molar-refractivity contribution in [3.8, 4) is 0 Å². The van der Waals surface area contributed by atoms with E-state index in [-0.39, 0.29) is 4.83 Å². The molecule has 96 valence electrons. The predicted molar refractivity (Wildman–Crippen MR) is 91.5 cm³/mol. The van der Waals surface area contributed by atoms with Crippen molar-refractivity contribution in [2.75, 3.05) is 0 Å². The van der Waals surface area contributed by atoms with Crippen molar-refractivity contribution in [3.05, 3.63) is 68.3 Å². The number of halogens is 2. The van der Waals surface area contributed by atoms with Crippen LogP contribution in [0.3, 0.4) is 0 Å². The molecule has 0 saturated heterocycles. The molecule has 0 radical (unpaired) electrons. The largest absolute Gasteiger partial charge is 0.133 e. The Hall–Kier alpha value is -0.640. The highest BCUT2D eigenvalue weighted by molar-refractivity contribution is 9.11. The maximum Gasteiger partial charge on any atom is 0.0704 e. The zero-order valence-electron chi connectivity index (χ0n) is 10.4. The Morgan fingerprint density at radius 1 is 1.00 bits per heavy atom. The Morgan fingerprint density at radius 2 is 1.74 bits per heavy atom. The van der Waals surface area contributed by atoms with Crippen LogP contribution in [0.5, 0.6) is 0 Å². The summed E-state index contributed by atoms with van der Waals surface area (Å²) in [6.07, 6.45) is 0. The van der Waals surface area contributed by atoms with E-state index in [9.17, 15) is 0 Å². The number of alkyl halides is 1. The van der Waals surface area contributed by atoms with E-state index in [1.54, 1.807) is 11.3 Å². The normalized spacial score (nSPS) is 12.8. The van der Waals surface area contributed by atoms with E-state index in [1.165, 1.54) is 30.6 Å². The molecule has 1 unspecified atom stereocenters. The van der Waals surface area contributed by atoms with E-state index in [0.29, 0.717) is 0 Å². The Balaban J connectivity index is 2.16. The molecule has 3 aromatic rings. The van der Waals surface area contributed by atoms with Crippen molar-refractivity contribution >= 4 is 54.0 Å². The van der Waals surface area contributed by atoms with Gasteiger partial charge in [-0.1, -0.05) is 58.4 Å². The van der Waals surface area contributed by atoms with Gasteiger partial charge in [-0.25, -0.2) is 0 Å². The summed E-state index contributed by atoms with van der Waals surface area (Å²) in [7, 11) is 0. The number of hydrogen-bond donors (Lipinski definition) is 0. The van der Waals surface area contributed by atoms with Gasteiger partial charge in [0.25, 0.3) is 0 Å². The Morgan fingerprint density at radius 3 is 2.47 bits per heavy atom. The van der Waals surface area contributed by atoms with Gasteiger partial charge in [-0.05, 0) is 50.8 Å². The summed E-state index contributed by atoms with van der Waals surface area (Å²) in [5.74, 6) is 0. The fourth-order valence-corrected chi connectivity index (χ4v) is 5.12. The van der Waals surface area contributed by atoms with Crippen molar-refractivity contribution < 1.29 is 0 Å². The molecule has 1 aromatic heterocycles. The lowest BCUT2D eigenvalue weighted by Crippen LogP contribution is -1.94.